The lowest BCUT2D eigenvalue weighted by atomic mass is 10.1. The Hall–Kier alpha value is -2.01. The van der Waals surface area contributed by atoms with Gasteiger partial charge < -0.3 is 9.94 Å². The van der Waals surface area contributed by atoms with E-state index in [0.717, 1.165) is 11.3 Å². The van der Waals surface area contributed by atoms with Crippen molar-refractivity contribution in [2.24, 2.45) is 0 Å². The minimum Gasteiger partial charge on any atom is -0.497 e. The van der Waals surface area contributed by atoms with Crippen LogP contribution in [0.4, 0.5) is 0 Å². The second-order valence-electron chi connectivity index (χ2n) is 3.74. The Bertz CT molecular complexity index is 635. The average molecular weight is 266 g/mol. The third kappa shape index (κ3) is 2.04. The number of benzene rings is 1. The third-order valence-corrected chi connectivity index (χ3v) is 3.08. The molecule has 0 atom stereocenters. The number of rotatable bonds is 2. The van der Waals surface area contributed by atoms with Gasteiger partial charge in [-0.1, -0.05) is 11.6 Å². The van der Waals surface area contributed by atoms with Crippen molar-refractivity contribution in [1.29, 1.82) is 5.41 Å². The zero-order chi connectivity index (χ0) is 13.3. The Balaban J connectivity index is 2.60. The molecule has 1 aromatic heterocycles. The van der Waals surface area contributed by atoms with Crippen LogP contribution in [-0.4, -0.2) is 22.0 Å². The highest BCUT2D eigenvalue weighted by atomic mass is 35.5. The molecular weight excluding hydrogens is 254 g/mol. The Kier molecular flexibility index (Phi) is 3.25. The van der Waals surface area contributed by atoms with Crippen molar-refractivity contribution in [3.63, 3.8) is 0 Å². The summed E-state index contributed by atoms with van der Waals surface area (Å²) in [7, 11) is 1.59. The van der Waals surface area contributed by atoms with Crippen molar-refractivity contribution >= 4 is 11.6 Å². The lowest BCUT2D eigenvalue weighted by molar-refractivity contribution is 0.165. The lowest BCUT2D eigenvalue weighted by Gasteiger charge is -2.10. The molecule has 2 aromatic rings. The van der Waals surface area contributed by atoms with Gasteiger partial charge >= 0.3 is 0 Å². The highest BCUT2D eigenvalue weighted by Crippen LogP contribution is 2.25. The fraction of sp³-hybridized carbons (Fsp3) is 0.167. The summed E-state index contributed by atoms with van der Waals surface area (Å²) in [5, 5.41) is 17.1. The highest BCUT2D eigenvalue weighted by Gasteiger charge is 2.11. The number of methoxy groups -OCH3 is 1. The summed E-state index contributed by atoms with van der Waals surface area (Å²) in [6.45, 7) is 1.74. The van der Waals surface area contributed by atoms with Crippen LogP contribution in [0.25, 0.3) is 11.3 Å². The van der Waals surface area contributed by atoms with Crippen LogP contribution in [0.1, 0.15) is 5.56 Å². The molecule has 0 aliphatic heterocycles. The van der Waals surface area contributed by atoms with Crippen LogP contribution >= 0.6 is 11.6 Å². The van der Waals surface area contributed by atoms with E-state index in [1.165, 1.54) is 0 Å². The molecule has 0 saturated carbocycles. The van der Waals surface area contributed by atoms with Gasteiger partial charge in [-0.25, -0.2) is 4.98 Å². The monoisotopic (exact) mass is 265 g/mol. The Labute approximate surface area is 109 Å². The van der Waals surface area contributed by atoms with E-state index in [2.05, 4.69) is 4.98 Å². The van der Waals surface area contributed by atoms with Crippen LogP contribution in [0.15, 0.2) is 24.3 Å². The van der Waals surface area contributed by atoms with E-state index in [9.17, 15) is 5.21 Å². The van der Waals surface area contributed by atoms with Gasteiger partial charge in [0.25, 0.3) is 5.62 Å². The molecule has 2 N–H and O–H groups in total. The molecule has 18 heavy (non-hydrogen) atoms. The van der Waals surface area contributed by atoms with Gasteiger partial charge in [-0.2, -0.15) is 0 Å². The van der Waals surface area contributed by atoms with Gasteiger partial charge in [0.15, 0.2) is 5.15 Å². The van der Waals surface area contributed by atoms with Gasteiger partial charge in [0.2, 0.25) is 0 Å². The van der Waals surface area contributed by atoms with E-state index in [4.69, 9.17) is 21.7 Å². The first-order chi connectivity index (χ1) is 8.54. The van der Waals surface area contributed by atoms with Crippen molar-refractivity contribution in [1.82, 2.24) is 9.71 Å². The topological polar surface area (TPSA) is 71.1 Å². The maximum absolute atomic E-state index is 9.46. The van der Waals surface area contributed by atoms with Gasteiger partial charge in [0.1, 0.15) is 5.75 Å². The van der Waals surface area contributed by atoms with E-state index in [0.29, 0.717) is 16.0 Å². The van der Waals surface area contributed by atoms with E-state index >= 15 is 0 Å². The summed E-state index contributed by atoms with van der Waals surface area (Å²) < 4.78 is 5.62. The summed E-state index contributed by atoms with van der Waals surface area (Å²) in [5.74, 6) is 0.738. The fourth-order valence-corrected chi connectivity index (χ4v) is 1.79. The molecule has 94 valence electrons. The summed E-state index contributed by atoms with van der Waals surface area (Å²) in [6.07, 6.45) is 0. The molecule has 0 bridgehead atoms. The average Bonchev–Trinajstić information content (AvgIpc) is 2.41. The number of hydrogen-bond donors (Lipinski definition) is 2. The maximum Gasteiger partial charge on any atom is 0.257 e. The second-order valence-corrected chi connectivity index (χ2v) is 4.10. The van der Waals surface area contributed by atoms with E-state index < -0.39 is 0 Å². The summed E-state index contributed by atoms with van der Waals surface area (Å²) in [6, 6.07) is 7.25. The number of halogens is 1. The Morgan fingerprint density at radius 1 is 1.33 bits per heavy atom. The Morgan fingerprint density at radius 3 is 2.50 bits per heavy atom. The molecular formula is C12H12ClN3O2. The van der Waals surface area contributed by atoms with Crippen LogP contribution in [0.5, 0.6) is 5.75 Å². The zero-order valence-electron chi connectivity index (χ0n) is 9.94. The standard InChI is InChI=1S/C12H12ClN3O2/c1-7-10(15-12(14)16(17)11(7)13)8-3-5-9(18-2)6-4-8/h3-6,14,17H,1-2H3. The van der Waals surface area contributed by atoms with Crippen molar-refractivity contribution in [3.8, 4) is 17.0 Å². The fourth-order valence-electron chi connectivity index (χ4n) is 1.62. The zero-order valence-corrected chi connectivity index (χ0v) is 10.7. The summed E-state index contributed by atoms with van der Waals surface area (Å²) in [5.41, 5.74) is 1.68. The molecule has 1 aromatic carbocycles. The van der Waals surface area contributed by atoms with Crippen LogP contribution in [0.3, 0.4) is 0 Å². The molecule has 0 saturated heterocycles. The molecule has 0 aliphatic carbocycles. The Morgan fingerprint density at radius 2 is 1.94 bits per heavy atom. The van der Waals surface area contributed by atoms with Crippen molar-refractivity contribution in [2.75, 3.05) is 7.11 Å². The van der Waals surface area contributed by atoms with E-state index in [1.807, 2.05) is 12.1 Å². The molecule has 1 heterocycles. The lowest BCUT2D eigenvalue weighted by Crippen LogP contribution is -2.23. The molecule has 6 heteroatoms. The molecule has 0 amide bonds. The van der Waals surface area contributed by atoms with Gasteiger partial charge in [0, 0.05) is 11.1 Å². The third-order valence-electron chi connectivity index (χ3n) is 2.63. The first-order valence-corrected chi connectivity index (χ1v) is 5.60. The van der Waals surface area contributed by atoms with Gasteiger partial charge in [-0.3, -0.25) is 5.41 Å². The highest BCUT2D eigenvalue weighted by molar-refractivity contribution is 6.30. The van der Waals surface area contributed by atoms with Crippen LogP contribution in [0, 0.1) is 12.3 Å². The van der Waals surface area contributed by atoms with E-state index in [-0.39, 0.29) is 10.8 Å². The minimum absolute atomic E-state index is 0.0841. The summed E-state index contributed by atoms with van der Waals surface area (Å²) in [4.78, 5) is 4.01. The van der Waals surface area contributed by atoms with E-state index in [1.54, 1.807) is 26.2 Å². The number of ether oxygens (including phenoxy) is 1. The number of nitrogens with zero attached hydrogens (tertiary/aromatic N) is 2. The van der Waals surface area contributed by atoms with Gasteiger partial charge in [-0.15, -0.1) is 4.73 Å². The number of aromatic nitrogens is 2. The van der Waals surface area contributed by atoms with Crippen LogP contribution in [0.2, 0.25) is 5.15 Å². The molecule has 0 unspecified atom stereocenters. The molecule has 0 radical (unpaired) electrons. The second kappa shape index (κ2) is 4.70. The molecule has 0 fully saturated rings. The van der Waals surface area contributed by atoms with Gasteiger partial charge in [0.05, 0.1) is 12.8 Å². The number of hydrogen-bond acceptors (Lipinski definition) is 4. The summed E-state index contributed by atoms with van der Waals surface area (Å²) >= 11 is 5.92. The first kappa shape index (κ1) is 12.4. The normalized spacial score (nSPS) is 10.4. The van der Waals surface area contributed by atoms with Gasteiger partial charge in [-0.05, 0) is 31.2 Å². The van der Waals surface area contributed by atoms with Crippen molar-refractivity contribution in [2.45, 2.75) is 6.92 Å². The molecule has 0 spiro atoms. The SMILES string of the molecule is COc1ccc(-c2nc(=N)n(O)c(Cl)c2C)cc1. The smallest absolute Gasteiger partial charge is 0.257 e. The van der Waals surface area contributed by atoms with Crippen LogP contribution in [-0.2, 0) is 0 Å². The first-order valence-electron chi connectivity index (χ1n) is 5.22. The van der Waals surface area contributed by atoms with Crippen molar-refractivity contribution in [3.05, 3.63) is 40.6 Å². The largest absolute Gasteiger partial charge is 0.497 e. The predicted molar refractivity (Wildman–Crippen MR) is 67.0 cm³/mol. The molecule has 5 nitrogen and oxygen atoms in total. The molecule has 2 rings (SSSR count). The minimum atomic E-state index is -0.309. The quantitative estimate of drug-likeness (QED) is 0.646. The number of nitrogens with one attached hydrogen (secondary N) is 1. The predicted octanol–water partition coefficient (Wildman–Crippen LogP) is 2.24. The maximum atomic E-state index is 9.46. The molecule has 0 aliphatic rings. The van der Waals surface area contributed by atoms with Crippen LogP contribution < -0.4 is 10.4 Å². The van der Waals surface area contributed by atoms with Crippen molar-refractivity contribution < 1.29 is 9.94 Å².